The van der Waals surface area contributed by atoms with Gasteiger partial charge in [-0.15, -0.1) is 0 Å². The van der Waals surface area contributed by atoms with Crippen LogP contribution in [-0.4, -0.2) is 131 Å². The third-order valence-corrected chi connectivity index (χ3v) is 19.0. The van der Waals surface area contributed by atoms with Crippen LogP contribution in [0.1, 0.15) is 118 Å². The lowest BCUT2D eigenvalue weighted by atomic mass is 9.33. The first-order chi connectivity index (χ1) is 31.5. The van der Waals surface area contributed by atoms with Crippen molar-refractivity contribution in [3.8, 4) is 11.5 Å². The third kappa shape index (κ3) is 8.37. The van der Waals surface area contributed by atoms with E-state index in [0.717, 1.165) is 51.4 Å². The van der Waals surface area contributed by atoms with Crippen molar-refractivity contribution in [1.82, 2.24) is 5.32 Å². The fourth-order valence-corrected chi connectivity index (χ4v) is 14.9. The van der Waals surface area contributed by atoms with Gasteiger partial charge in [0.15, 0.2) is 24.1 Å². The fraction of sp³-hybridized carbons (Fsp3) is 0.769. The highest BCUT2D eigenvalue weighted by Gasteiger charge is 2.69. The number of nitrogens with one attached hydrogen (secondary N) is 1. The first-order valence-corrected chi connectivity index (χ1v) is 24.6. The van der Waals surface area contributed by atoms with Crippen LogP contribution in [0.15, 0.2) is 35.9 Å². The van der Waals surface area contributed by atoms with Crippen molar-refractivity contribution in [2.45, 2.75) is 174 Å². The molecule has 0 bridgehead atoms. The molecule has 6 fully saturated rings. The van der Waals surface area contributed by atoms with Crippen LogP contribution in [0.4, 0.5) is 0 Å². The van der Waals surface area contributed by atoms with Gasteiger partial charge in [0.1, 0.15) is 42.7 Å². The largest absolute Gasteiger partial charge is 0.493 e. The maximum atomic E-state index is 13.7. The van der Waals surface area contributed by atoms with Crippen LogP contribution in [0.3, 0.4) is 0 Å². The molecular formula is C52H77NO14. The van der Waals surface area contributed by atoms with Crippen LogP contribution >= 0.6 is 0 Å². The van der Waals surface area contributed by atoms with Gasteiger partial charge < -0.3 is 64.4 Å². The zero-order valence-corrected chi connectivity index (χ0v) is 40.9. The number of methoxy groups -OCH3 is 2. The molecule has 2 heterocycles. The number of benzene rings is 1. The van der Waals surface area contributed by atoms with Crippen molar-refractivity contribution in [2.75, 3.05) is 27.4 Å². The molecule has 5 aliphatic carbocycles. The number of fused-ring (bicyclic) bond motifs is 7. The molecule has 374 valence electrons. The average molecular weight is 940 g/mol. The number of aliphatic carboxylic acids is 1. The summed E-state index contributed by atoms with van der Waals surface area (Å²) in [6.07, 6.45) is 2.09. The quantitative estimate of drug-likeness (QED) is 0.0842. The molecule has 8 rings (SSSR count). The second-order valence-electron chi connectivity index (χ2n) is 23.2. The van der Waals surface area contributed by atoms with E-state index in [1.807, 2.05) is 0 Å². The van der Waals surface area contributed by atoms with E-state index in [2.05, 4.69) is 59.9 Å². The zero-order chi connectivity index (χ0) is 48.6. The smallest absolute Gasteiger partial charge is 0.310 e. The monoisotopic (exact) mass is 940 g/mol. The summed E-state index contributed by atoms with van der Waals surface area (Å²) in [6.45, 7) is 15.8. The lowest BCUT2D eigenvalue weighted by Gasteiger charge is -2.71. The molecule has 1 aromatic rings. The van der Waals surface area contributed by atoms with Crippen molar-refractivity contribution < 1.29 is 68.6 Å². The first kappa shape index (κ1) is 50.3. The number of carboxylic acids is 1. The first-order valence-electron chi connectivity index (χ1n) is 24.6. The summed E-state index contributed by atoms with van der Waals surface area (Å²) in [5.41, 5.74) is 0.692. The minimum Gasteiger partial charge on any atom is -0.493 e. The Morgan fingerprint density at radius 1 is 0.836 bits per heavy atom. The zero-order valence-electron chi connectivity index (χ0n) is 40.9. The highest BCUT2D eigenvalue weighted by Crippen LogP contribution is 2.76. The van der Waals surface area contributed by atoms with Gasteiger partial charge in [-0.1, -0.05) is 72.2 Å². The number of carboxylic acid groups (broad SMARTS) is 1. The Balaban J connectivity index is 1.05. The highest BCUT2D eigenvalue weighted by molar-refractivity contribution is 5.92. The second-order valence-corrected chi connectivity index (χ2v) is 23.2. The van der Waals surface area contributed by atoms with E-state index < -0.39 is 78.0 Å². The molecule has 67 heavy (non-hydrogen) atoms. The van der Waals surface area contributed by atoms with E-state index in [1.54, 1.807) is 24.3 Å². The molecule has 2 aliphatic heterocycles. The molecule has 4 saturated carbocycles. The minimum absolute atomic E-state index is 0.0309. The minimum atomic E-state index is -1.58. The molecule has 1 amide bonds. The van der Waals surface area contributed by atoms with E-state index in [9.17, 15) is 40.2 Å². The molecule has 0 unspecified atom stereocenters. The Morgan fingerprint density at radius 2 is 1.57 bits per heavy atom. The van der Waals surface area contributed by atoms with Crippen LogP contribution in [0, 0.1) is 50.2 Å². The van der Waals surface area contributed by atoms with E-state index in [0.29, 0.717) is 35.8 Å². The maximum Gasteiger partial charge on any atom is 0.310 e. The van der Waals surface area contributed by atoms with Gasteiger partial charge >= 0.3 is 5.97 Å². The SMILES string of the molecule is COc1cccc(/C=C/C(=O)N[C@H]2[C@H](O[C@H]3CC[C@]4(C)[C@H]5CC=C6[C@@H]7CC(C)(C)CC[C@]7(C(=O)O)CC[C@@]6(C)[C@]5(C)CC[C@H]4C3(C)C)O[C@H](CO[C@@H]3OC[C@H](O)[C@H](O)[C@H]3O)[C@@H](O)[C@@H]2O)c1OC. The van der Waals surface area contributed by atoms with Gasteiger partial charge in [0.2, 0.25) is 5.91 Å². The van der Waals surface area contributed by atoms with Gasteiger partial charge in [-0.05, 0) is 121 Å². The summed E-state index contributed by atoms with van der Waals surface area (Å²) >= 11 is 0. The van der Waals surface area contributed by atoms with Gasteiger partial charge in [0.05, 0.1) is 39.0 Å². The normalized spacial score (nSPS) is 44.5. The molecule has 7 N–H and O–H groups in total. The molecule has 0 spiro atoms. The van der Waals surface area contributed by atoms with Gasteiger partial charge in [0.25, 0.3) is 0 Å². The van der Waals surface area contributed by atoms with Crippen LogP contribution in [0.5, 0.6) is 11.5 Å². The molecule has 15 heteroatoms. The predicted octanol–water partition coefficient (Wildman–Crippen LogP) is 5.38. The molecule has 15 nitrogen and oxygen atoms in total. The van der Waals surface area contributed by atoms with Crippen molar-refractivity contribution in [3.05, 3.63) is 41.5 Å². The van der Waals surface area contributed by atoms with Gasteiger partial charge in [-0.2, -0.15) is 0 Å². The van der Waals surface area contributed by atoms with Crippen molar-refractivity contribution in [3.63, 3.8) is 0 Å². The Kier molecular flexibility index (Phi) is 13.7. The number of amides is 1. The Morgan fingerprint density at radius 3 is 2.27 bits per heavy atom. The number of aliphatic hydroxyl groups is 5. The number of aliphatic hydroxyl groups excluding tert-OH is 5. The molecule has 2 saturated heterocycles. The summed E-state index contributed by atoms with van der Waals surface area (Å²) in [5.74, 6) is 0.313. The number of para-hydroxylation sites is 1. The molecule has 0 aromatic heterocycles. The van der Waals surface area contributed by atoms with Crippen molar-refractivity contribution >= 4 is 18.0 Å². The lowest BCUT2D eigenvalue weighted by molar-refractivity contribution is -0.322. The number of rotatable bonds is 11. The van der Waals surface area contributed by atoms with Crippen LogP contribution in [-0.2, 0) is 28.5 Å². The maximum absolute atomic E-state index is 13.7. The van der Waals surface area contributed by atoms with E-state index in [1.165, 1.54) is 25.9 Å². The molecule has 1 aromatic carbocycles. The van der Waals surface area contributed by atoms with Gasteiger partial charge in [-0.25, -0.2) is 0 Å². The van der Waals surface area contributed by atoms with Crippen LogP contribution in [0.2, 0.25) is 0 Å². The molecule has 7 aliphatic rings. The summed E-state index contributed by atoms with van der Waals surface area (Å²) in [5, 5.41) is 67.8. The van der Waals surface area contributed by atoms with Crippen molar-refractivity contribution in [2.24, 2.45) is 50.2 Å². The number of hydrogen-bond acceptors (Lipinski definition) is 13. The number of carbonyl (C=O) groups is 2. The van der Waals surface area contributed by atoms with Crippen LogP contribution in [0.25, 0.3) is 6.08 Å². The topological polar surface area (TPSA) is 223 Å². The van der Waals surface area contributed by atoms with Crippen LogP contribution < -0.4 is 14.8 Å². The van der Waals surface area contributed by atoms with Crippen molar-refractivity contribution in [1.29, 1.82) is 0 Å². The Hall–Kier alpha value is -3.12. The second kappa shape index (κ2) is 18.2. The highest BCUT2D eigenvalue weighted by atomic mass is 16.7. The van der Waals surface area contributed by atoms with E-state index in [4.69, 9.17) is 28.4 Å². The molecule has 0 radical (unpaired) electrons. The predicted molar refractivity (Wildman–Crippen MR) is 246 cm³/mol. The summed E-state index contributed by atoms with van der Waals surface area (Å²) in [7, 11) is 3.03. The number of ether oxygens (including phenoxy) is 6. The lowest BCUT2D eigenvalue weighted by Crippen LogP contribution is -2.67. The van der Waals surface area contributed by atoms with Gasteiger partial charge in [0, 0.05) is 11.6 Å². The third-order valence-electron chi connectivity index (χ3n) is 19.0. The number of hydrogen-bond donors (Lipinski definition) is 7. The Labute approximate surface area is 395 Å². The number of carbonyl (C=O) groups excluding carboxylic acids is 1. The summed E-state index contributed by atoms with van der Waals surface area (Å²) < 4.78 is 35.7. The number of allylic oxidation sites excluding steroid dienone is 2. The van der Waals surface area contributed by atoms with Gasteiger partial charge in [-0.3, -0.25) is 9.59 Å². The average Bonchev–Trinajstić information content (AvgIpc) is 3.27. The van der Waals surface area contributed by atoms with E-state index in [-0.39, 0.29) is 52.8 Å². The summed E-state index contributed by atoms with van der Waals surface area (Å²) in [6, 6.07) is 4.05. The summed E-state index contributed by atoms with van der Waals surface area (Å²) in [4.78, 5) is 26.9. The fourth-order valence-electron chi connectivity index (χ4n) is 14.9. The standard InChI is InChI=1S/C52H77NO14/c1-47(2)21-23-52(46(60)61)24-22-50(6)29(30(52)25-47)14-15-35-49(5)19-18-36(48(3,4)34(49)17-20-51(35,50)7)67-44-38(53-37(55)16-13-28-11-10-12-32(62-8)43(28)63-9)41(58)40(57)33(66-44)27-65-45-42(59)39(56)31(54)26-64-45/h10-14,16,30-31,33-36,38-42,44-45,54,56-59H,15,17-27H2,1-9H3,(H,53,55)(H,60,61)/b16-13+/t30-,31-,33+,34-,35+,36-,38+,39-,40+,41+,42+,44-,45-,49-,50+,51+,52-/m0/s1. The van der Waals surface area contributed by atoms with E-state index >= 15 is 0 Å². The Bertz CT molecular complexity index is 2070. The molecular weight excluding hydrogens is 863 g/mol. The molecule has 17 atom stereocenters.